The van der Waals surface area contributed by atoms with E-state index < -0.39 is 4.92 Å². The van der Waals surface area contributed by atoms with Gasteiger partial charge in [-0.2, -0.15) is 21.5 Å². The Morgan fingerprint density at radius 2 is 1.81 bits per heavy atom. The molecular weight excluding hydrogens is 440 g/mol. The molecule has 0 unspecified atom stereocenters. The van der Waals surface area contributed by atoms with Gasteiger partial charge in [0, 0.05) is 30.5 Å². The zero-order valence-electron chi connectivity index (χ0n) is 14.9. The Morgan fingerprint density at radius 1 is 1.19 bits per heavy atom. The molecule has 158 valence electrons. The zero-order chi connectivity index (χ0) is 16.9. The van der Waals surface area contributed by atoms with Gasteiger partial charge in [0.05, 0.1) is 10.4 Å². The Balaban J connectivity index is -0.00000144. The van der Waals surface area contributed by atoms with E-state index >= 15 is 0 Å². The van der Waals surface area contributed by atoms with Crippen LogP contribution in [0.3, 0.4) is 0 Å². The third-order valence-electron chi connectivity index (χ3n) is 3.62. The number of H-pyrrole nitrogens is 1. The summed E-state index contributed by atoms with van der Waals surface area (Å²) >= 11 is 0. The number of benzene rings is 1. The molecule has 0 amide bonds. The molecule has 2 aromatic rings. The molecule has 0 bridgehead atoms. The summed E-state index contributed by atoms with van der Waals surface area (Å²) in [6.45, 7) is 1.56. The fourth-order valence-corrected chi connectivity index (χ4v) is 2.39. The molecule has 1 aromatic carbocycles. The lowest BCUT2D eigenvalue weighted by atomic mass is 10.2. The number of anilines is 1. The van der Waals surface area contributed by atoms with Gasteiger partial charge in [0.15, 0.2) is 5.82 Å². The molecule has 0 atom stereocenters. The van der Waals surface area contributed by atoms with E-state index in [1.807, 2.05) is 0 Å². The molecule has 0 aliphatic rings. The third-order valence-corrected chi connectivity index (χ3v) is 3.62. The van der Waals surface area contributed by atoms with Crippen molar-refractivity contribution in [3.05, 3.63) is 28.3 Å². The molecule has 1 aromatic heterocycles. The van der Waals surface area contributed by atoms with E-state index in [0.29, 0.717) is 5.52 Å². The lowest BCUT2D eigenvalue weighted by Gasteiger charge is -2.20. The maximum absolute atomic E-state index is 10.7. The summed E-state index contributed by atoms with van der Waals surface area (Å²) in [5, 5.41) is 21.8. The first-order chi connectivity index (χ1) is 10.9. The van der Waals surface area contributed by atoms with E-state index in [4.69, 9.17) is 11.7 Å². The Bertz CT molecular complexity index is 679. The maximum atomic E-state index is 10.7. The summed E-state index contributed by atoms with van der Waals surface area (Å²) in [5.74, 6) is 12.1. The van der Waals surface area contributed by atoms with Crippen LogP contribution in [0.1, 0.15) is 25.7 Å². The molecule has 0 aliphatic carbocycles. The van der Waals surface area contributed by atoms with Crippen molar-refractivity contribution in [3.8, 4) is 0 Å². The van der Waals surface area contributed by atoms with Crippen molar-refractivity contribution in [1.82, 2.24) is 10.2 Å². The van der Waals surface area contributed by atoms with Crippen LogP contribution in [0.25, 0.3) is 10.9 Å². The highest BCUT2D eigenvalue weighted by Gasteiger charge is 2.11. The van der Waals surface area contributed by atoms with Gasteiger partial charge in [0.25, 0.3) is 5.69 Å². The molecule has 0 fully saturated rings. The van der Waals surface area contributed by atoms with Gasteiger partial charge in [-0.1, -0.05) is 6.42 Å². The van der Waals surface area contributed by atoms with Crippen molar-refractivity contribution in [2.45, 2.75) is 25.7 Å². The summed E-state index contributed by atoms with van der Waals surface area (Å²) < 4.78 is 0.0175. The number of nitro benzene ring substituents is 1. The second-order valence-corrected chi connectivity index (χ2v) is 5.97. The van der Waals surface area contributed by atoms with Crippen molar-refractivity contribution in [1.29, 1.82) is 0 Å². The third kappa shape index (κ3) is 10.2. The van der Waals surface area contributed by atoms with Crippen LogP contribution in [-0.4, -0.2) is 40.0 Å². The number of nitro groups is 1. The van der Waals surface area contributed by atoms with Gasteiger partial charge in [0.2, 0.25) is 0 Å². The van der Waals surface area contributed by atoms with Crippen molar-refractivity contribution < 1.29 is 22.0 Å². The normalized spacial score (nSPS) is 10.0. The predicted octanol–water partition coefficient (Wildman–Crippen LogP) is -0.0932. The fourth-order valence-electron chi connectivity index (χ4n) is 2.39. The minimum absolute atomic E-state index is 0. The average molecular weight is 467 g/mol. The van der Waals surface area contributed by atoms with Crippen molar-refractivity contribution in [2.75, 3.05) is 25.5 Å². The van der Waals surface area contributed by atoms with Crippen LogP contribution in [-0.2, 0) is 0 Å². The van der Waals surface area contributed by atoms with Gasteiger partial charge in [-0.25, -0.2) is 0 Å². The van der Waals surface area contributed by atoms with Crippen LogP contribution >= 0.6 is 37.2 Å². The first-order valence-corrected chi connectivity index (χ1v) is 7.66. The number of halogens is 4. The number of aromatic amines is 1. The molecule has 0 saturated heterocycles. The quantitative estimate of drug-likeness (QED) is 0.134. The second-order valence-electron chi connectivity index (χ2n) is 5.97. The van der Waals surface area contributed by atoms with Crippen LogP contribution in [0.4, 0.5) is 11.5 Å². The Hall–Kier alpha value is -1.07. The summed E-state index contributed by atoms with van der Waals surface area (Å²) in [7, 11) is 1.77. The summed E-state index contributed by atoms with van der Waals surface area (Å²) in [5.41, 5.74) is 0.711. The number of nitrogens with zero attached hydrogens (tertiary/aromatic N) is 3. The average Bonchev–Trinajstić information content (AvgIpc) is 2.87. The van der Waals surface area contributed by atoms with E-state index in [9.17, 15) is 10.1 Å². The van der Waals surface area contributed by atoms with Crippen LogP contribution in [0, 0.1) is 10.1 Å². The summed E-state index contributed by atoms with van der Waals surface area (Å²) in [6, 6.07) is 4.68. The highest BCUT2D eigenvalue weighted by molar-refractivity contribution is 5.91. The number of quaternary nitrogens is 1. The minimum atomic E-state index is -0.417. The van der Waals surface area contributed by atoms with Gasteiger partial charge in [0.1, 0.15) is 13.6 Å². The number of unbranched alkanes of at least 4 members (excludes halogenated alkanes) is 3. The summed E-state index contributed by atoms with van der Waals surface area (Å²) in [6.07, 6.45) is 4.18. The monoisotopic (exact) mass is 465 g/mol. The lowest BCUT2D eigenvalue weighted by Crippen LogP contribution is -3.00. The van der Waals surface area contributed by atoms with Crippen LogP contribution in [0.5, 0.6) is 0 Å². The number of hydrogen-bond acceptors (Lipinski definition) is 6. The van der Waals surface area contributed by atoms with Gasteiger partial charge in [-0.3, -0.25) is 15.2 Å². The zero-order valence-corrected chi connectivity index (χ0v) is 18.1. The number of hydrogen-bond donors (Lipinski definition) is 4. The van der Waals surface area contributed by atoms with E-state index in [1.54, 1.807) is 13.1 Å². The lowest BCUT2D eigenvalue weighted by molar-refractivity contribution is -0.933. The molecule has 9 nitrogen and oxygen atoms in total. The van der Waals surface area contributed by atoms with Gasteiger partial charge in [-0.15, -0.1) is 37.2 Å². The Morgan fingerprint density at radius 3 is 2.41 bits per heavy atom. The SMILES string of the molecule is C[N+](N)(N)CCCCCCNc1n[nH]c2cc([N+](=O)[O-])ccc12.Cl.Cl.Cl.[Cl-]. The topological polar surface area (TPSA) is 136 Å². The molecule has 27 heavy (non-hydrogen) atoms. The molecule has 0 saturated carbocycles. The summed E-state index contributed by atoms with van der Waals surface area (Å²) in [4.78, 5) is 10.3. The van der Waals surface area contributed by atoms with Crippen molar-refractivity contribution in [2.24, 2.45) is 11.7 Å². The molecule has 13 heteroatoms. The fraction of sp³-hybridized carbons (Fsp3) is 0.500. The largest absolute Gasteiger partial charge is 1.00 e. The van der Waals surface area contributed by atoms with Crippen LogP contribution in [0.2, 0.25) is 0 Å². The highest BCUT2D eigenvalue weighted by Crippen LogP contribution is 2.24. The smallest absolute Gasteiger partial charge is 0.271 e. The van der Waals surface area contributed by atoms with E-state index in [0.717, 1.165) is 50.0 Å². The Labute approximate surface area is 182 Å². The van der Waals surface area contributed by atoms with Gasteiger partial charge >= 0.3 is 0 Å². The molecule has 6 N–H and O–H groups in total. The molecule has 2 rings (SSSR count). The number of non-ortho nitro benzene ring substituents is 1. The maximum Gasteiger partial charge on any atom is 0.271 e. The van der Waals surface area contributed by atoms with Gasteiger partial charge < -0.3 is 17.7 Å². The molecule has 1 heterocycles. The predicted molar refractivity (Wildman–Crippen MR) is 111 cm³/mol. The number of aromatic nitrogens is 2. The molecule has 0 spiro atoms. The van der Waals surface area contributed by atoms with E-state index in [2.05, 4.69) is 15.5 Å². The second kappa shape index (κ2) is 14.0. The van der Waals surface area contributed by atoms with Crippen LogP contribution < -0.4 is 29.4 Å². The minimum Gasteiger partial charge on any atom is -1.00 e. The number of rotatable bonds is 9. The molecule has 0 radical (unpaired) electrons. The molecular formula is C14H27Cl4N7O2. The molecule has 0 aliphatic heterocycles. The number of nitrogens with one attached hydrogen (secondary N) is 2. The van der Waals surface area contributed by atoms with E-state index in [-0.39, 0.29) is 60.0 Å². The standard InChI is InChI=1S/C14H24N7O2.4ClH/c1-21(15,16)9-5-3-2-4-8-17-14-12-7-6-11(20(22)23)10-13(12)18-19-14;;;;/h6-7,10H,2-5,8-9,15-16H2,1H3,(H2,17,18,19);4*1H/q+1;;;;/p-1. The number of fused-ring (bicyclic) bond motifs is 1. The van der Waals surface area contributed by atoms with Crippen LogP contribution in [0.15, 0.2) is 18.2 Å². The van der Waals surface area contributed by atoms with Crippen molar-refractivity contribution in [3.63, 3.8) is 0 Å². The first-order valence-electron chi connectivity index (χ1n) is 7.66. The van der Waals surface area contributed by atoms with Gasteiger partial charge in [-0.05, 0) is 18.9 Å². The number of nitrogens with two attached hydrogens (primary N) is 2. The van der Waals surface area contributed by atoms with E-state index in [1.165, 1.54) is 12.1 Å². The first kappa shape index (κ1) is 30.7. The van der Waals surface area contributed by atoms with Crippen molar-refractivity contribution >= 4 is 59.6 Å². The highest BCUT2D eigenvalue weighted by atomic mass is 35.5. The Kier molecular flexibility index (Phi) is 15.9.